The molecule has 2 atom stereocenters. The van der Waals surface area contributed by atoms with Crippen molar-refractivity contribution in [1.82, 2.24) is 9.21 Å². The molecule has 2 saturated heterocycles. The lowest BCUT2D eigenvalue weighted by Gasteiger charge is -2.49. The third-order valence-corrected chi connectivity index (χ3v) is 6.95. The first kappa shape index (κ1) is 19.2. The molecule has 2 aliphatic heterocycles. The summed E-state index contributed by atoms with van der Waals surface area (Å²) in [5.41, 5.74) is 1.30. The smallest absolute Gasteiger partial charge is 0.130 e. The van der Waals surface area contributed by atoms with Crippen molar-refractivity contribution in [1.29, 1.82) is 0 Å². The van der Waals surface area contributed by atoms with Crippen LogP contribution in [0.25, 0.3) is 0 Å². The van der Waals surface area contributed by atoms with Gasteiger partial charge in [-0.15, -0.1) is 4.31 Å². The van der Waals surface area contributed by atoms with Crippen molar-refractivity contribution >= 4 is 11.4 Å². The molecule has 1 spiro atoms. The molecule has 0 bridgehead atoms. The largest absolute Gasteiger partial charge is 0.598 e. The van der Waals surface area contributed by atoms with E-state index >= 15 is 0 Å². The van der Waals surface area contributed by atoms with Crippen LogP contribution in [0.2, 0.25) is 0 Å². The second-order valence-electron chi connectivity index (χ2n) is 7.84. The predicted octanol–water partition coefficient (Wildman–Crippen LogP) is 2.86. The van der Waals surface area contributed by atoms with Crippen molar-refractivity contribution in [3.05, 3.63) is 35.9 Å². The van der Waals surface area contributed by atoms with E-state index in [9.17, 15) is 4.55 Å². The molecule has 25 heavy (non-hydrogen) atoms. The maximum atomic E-state index is 12.6. The van der Waals surface area contributed by atoms with Gasteiger partial charge in [0.25, 0.3) is 0 Å². The summed E-state index contributed by atoms with van der Waals surface area (Å²) in [4.78, 5) is 2.55. The number of piperidine rings is 1. The van der Waals surface area contributed by atoms with Gasteiger partial charge in [-0.3, -0.25) is 0 Å². The molecule has 2 unspecified atom stereocenters. The van der Waals surface area contributed by atoms with Crippen molar-refractivity contribution in [2.45, 2.75) is 57.0 Å². The van der Waals surface area contributed by atoms with Crippen LogP contribution in [0.15, 0.2) is 30.3 Å². The highest BCUT2D eigenvalue weighted by Crippen LogP contribution is 2.34. The third-order valence-electron chi connectivity index (χ3n) is 5.36. The molecule has 1 aromatic carbocycles. The van der Waals surface area contributed by atoms with Crippen molar-refractivity contribution in [3.63, 3.8) is 0 Å². The van der Waals surface area contributed by atoms with Gasteiger partial charge >= 0.3 is 0 Å². The Bertz CT molecular complexity index is 532. The summed E-state index contributed by atoms with van der Waals surface area (Å²) in [6.45, 7) is 11.0. The summed E-state index contributed by atoms with van der Waals surface area (Å²) < 4.78 is 21.1. The molecule has 0 radical (unpaired) electrons. The zero-order chi connectivity index (χ0) is 17.9. The standard InChI is InChI=1S/C20H32N2O2S/c1-17(2)25(23)22-15-18(3)24-20(16-22)10-13-21(14-11-20)12-9-19-7-5-4-6-8-19/h4-8,17-18H,9-16H2,1-3H3. The zero-order valence-corrected chi connectivity index (χ0v) is 16.6. The first-order chi connectivity index (χ1) is 12.0. The Labute approximate surface area is 155 Å². The molecule has 140 valence electrons. The Kier molecular flexibility index (Phi) is 6.44. The van der Waals surface area contributed by atoms with Crippen LogP contribution in [0.5, 0.6) is 0 Å². The van der Waals surface area contributed by atoms with E-state index in [1.54, 1.807) is 0 Å². The number of morpholine rings is 1. The summed E-state index contributed by atoms with van der Waals surface area (Å²) >= 11 is -0.904. The summed E-state index contributed by atoms with van der Waals surface area (Å²) in [6.07, 6.45) is 3.34. The Balaban J connectivity index is 1.53. The van der Waals surface area contributed by atoms with E-state index in [2.05, 4.69) is 46.5 Å². The van der Waals surface area contributed by atoms with E-state index in [1.165, 1.54) is 5.56 Å². The lowest BCUT2D eigenvalue weighted by atomic mass is 9.89. The molecule has 1 aromatic rings. The monoisotopic (exact) mass is 364 g/mol. The lowest BCUT2D eigenvalue weighted by Crippen LogP contribution is -2.61. The Morgan fingerprint density at radius 3 is 2.56 bits per heavy atom. The summed E-state index contributed by atoms with van der Waals surface area (Å²) in [5.74, 6) is 0. The minimum absolute atomic E-state index is 0.106. The van der Waals surface area contributed by atoms with Gasteiger partial charge in [0.15, 0.2) is 0 Å². The highest BCUT2D eigenvalue weighted by Gasteiger charge is 2.45. The topological polar surface area (TPSA) is 38.8 Å². The van der Waals surface area contributed by atoms with Gasteiger partial charge < -0.3 is 14.2 Å². The maximum Gasteiger partial charge on any atom is 0.130 e. The van der Waals surface area contributed by atoms with Crippen LogP contribution < -0.4 is 0 Å². The normalized spacial score (nSPS) is 26.2. The fraction of sp³-hybridized carbons (Fsp3) is 0.700. The number of hydrogen-bond acceptors (Lipinski definition) is 4. The van der Waals surface area contributed by atoms with E-state index in [0.717, 1.165) is 52.0 Å². The van der Waals surface area contributed by atoms with Gasteiger partial charge in [0.05, 0.1) is 24.8 Å². The molecule has 0 aliphatic carbocycles. The van der Waals surface area contributed by atoms with Crippen LogP contribution in [-0.2, 0) is 22.5 Å². The molecular formula is C20H32N2O2S. The zero-order valence-electron chi connectivity index (χ0n) is 15.8. The molecular weight excluding hydrogens is 332 g/mol. The Hall–Kier alpha value is -0.590. The second kappa shape index (κ2) is 8.40. The van der Waals surface area contributed by atoms with Gasteiger partial charge in [0, 0.05) is 31.0 Å². The minimum Gasteiger partial charge on any atom is -0.598 e. The van der Waals surface area contributed by atoms with Crippen molar-refractivity contribution in [2.75, 3.05) is 32.7 Å². The minimum atomic E-state index is -0.904. The Morgan fingerprint density at radius 2 is 1.92 bits per heavy atom. The number of rotatable bonds is 5. The fourth-order valence-corrected chi connectivity index (χ4v) is 5.32. The van der Waals surface area contributed by atoms with Crippen LogP contribution in [0.4, 0.5) is 0 Å². The molecule has 2 aliphatic rings. The van der Waals surface area contributed by atoms with Gasteiger partial charge in [0.1, 0.15) is 5.25 Å². The van der Waals surface area contributed by atoms with Crippen LogP contribution in [-0.4, -0.2) is 63.4 Å². The SMILES string of the molecule is CC1CN([S+]([O-])C(C)C)CC2(CCN(CCc3ccccc3)CC2)O1. The summed E-state index contributed by atoms with van der Waals surface area (Å²) in [5, 5.41) is 0.174. The highest BCUT2D eigenvalue weighted by molar-refractivity contribution is 7.89. The van der Waals surface area contributed by atoms with Gasteiger partial charge in [-0.1, -0.05) is 30.3 Å². The van der Waals surface area contributed by atoms with Crippen molar-refractivity contribution < 1.29 is 9.29 Å². The Morgan fingerprint density at radius 1 is 1.24 bits per heavy atom. The molecule has 5 heteroatoms. The first-order valence-corrected chi connectivity index (χ1v) is 10.7. The average molecular weight is 365 g/mol. The summed E-state index contributed by atoms with van der Waals surface area (Å²) in [7, 11) is 0. The lowest BCUT2D eigenvalue weighted by molar-refractivity contribution is -0.154. The van der Waals surface area contributed by atoms with Crippen LogP contribution in [0, 0.1) is 0 Å². The maximum absolute atomic E-state index is 12.6. The van der Waals surface area contributed by atoms with Crippen LogP contribution >= 0.6 is 0 Å². The molecule has 0 aromatic heterocycles. The second-order valence-corrected chi connectivity index (χ2v) is 9.85. The van der Waals surface area contributed by atoms with Crippen LogP contribution in [0.3, 0.4) is 0 Å². The van der Waals surface area contributed by atoms with Crippen molar-refractivity contribution in [2.24, 2.45) is 0 Å². The molecule has 0 amide bonds. The number of nitrogens with zero attached hydrogens (tertiary/aromatic N) is 2. The molecule has 3 rings (SSSR count). The molecule has 2 fully saturated rings. The summed E-state index contributed by atoms with van der Waals surface area (Å²) in [6, 6.07) is 10.7. The van der Waals surface area contributed by atoms with Gasteiger partial charge in [-0.05, 0) is 45.6 Å². The fourth-order valence-electron chi connectivity index (χ4n) is 4.00. The number of hydrogen-bond donors (Lipinski definition) is 0. The number of ether oxygens (including phenoxy) is 1. The quantitative estimate of drug-likeness (QED) is 0.753. The number of benzene rings is 1. The van der Waals surface area contributed by atoms with E-state index in [1.807, 2.05) is 13.8 Å². The number of likely N-dealkylation sites (tertiary alicyclic amines) is 1. The average Bonchev–Trinajstić information content (AvgIpc) is 2.61. The van der Waals surface area contributed by atoms with Gasteiger partial charge in [-0.2, -0.15) is 0 Å². The highest BCUT2D eigenvalue weighted by atomic mass is 32.2. The molecule has 0 N–H and O–H groups in total. The van der Waals surface area contributed by atoms with Gasteiger partial charge in [-0.25, -0.2) is 0 Å². The van der Waals surface area contributed by atoms with E-state index in [0.29, 0.717) is 0 Å². The molecule has 4 nitrogen and oxygen atoms in total. The molecule has 0 saturated carbocycles. The van der Waals surface area contributed by atoms with E-state index < -0.39 is 11.4 Å². The van der Waals surface area contributed by atoms with Crippen LogP contribution in [0.1, 0.15) is 39.2 Å². The van der Waals surface area contributed by atoms with E-state index in [-0.39, 0.29) is 17.0 Å². The first-order valence-electron chi connectivity index (χ1n) is 9.57. The third kappa shape index (κ3) is 4.98. The van der Waals surface area contributed by atoms with Crippen molar-refractivity contribution in [3.8, 4) is 0 Å². The van der Waals surface area contributed by atoms with E-state index in [4.69, 9.17) is 4.74 Å². The van der Waals surface area contributed by atoms with Gasteiger partial charge in [0.2, 0.25) is 0 Å². The predicted molar refractivity (Wildman–Crippen MR) is 104 cm³/mol. The molecule has 2 heterocycles.